The Labute approximate surface area is 476 Å². The highest BCUT2D eigenvalue weighted by atomic mass is 32.1. The average molecular weight is 1180 g/mol. The molecule has 0 saturated carbocycles. The van der Waals surface area contributed by atoms with E-state index >= 15 is 0 Å². The number of hydrogen-bond acceptors (Lipinski definition) is 22. The molecule has 1 unspecified atom stereocenters. The minimum Gasteiger partial charge on any atom is -0.386 e. The molecule has 10 bridgehead atoms. The lowest BCUT2D eigenvalue weighted by Gasteiger charge is -2.23. The van der Waals surface area contributed by atoms with Gasteiger partial charge in [0.05, 0.1) is 42.2 Å². The van der Waals surface area contributed by atoms with Crippen molar-refractivity contribution in [2.24, 2.45) is 11.7 Å². The number of hydrogen-bond donors (Lipinski definition) is 8. The number of aliphatic hydroxyl groups is 1. The van der Waals surface area contributed by atoms with E-state index < -0.39 is 54.4 Å². The van der Waals surface area contributed by atoms with Crippen molar-refractivity contribution in [3.63, 3.8) is 0 Å². The number of anilines is 1. The topological polar surface area (TPSA) is 320 Å². The van der Waals surface area contributed by atoms with Gasteiger partial charge in [0.1, 0.15) is 82.2 Å². The second-order valence-corrected chi connectivity index (χ2v) is 23.9. The van der Waals surface area contributed by atoms with Crippen LogP contribution in [0, 0.1) is 12.8 Å². The molecule has 0 radical (unpaired) electrons. The molecule has 9 N–H and O–H groups in total. The molecule has 410 valence electrons. The van der Waals surface area contributed by atoms with Crippen LogP contribution in [0.1, 0.15) is 119 Å². The van der Waals surface area contributed by atoms with E-state index in [2.05, 4.69) is 46.9 Å². The maximum atomic E-state index is 14.2. The number of fused-ring (bicyclic) bond motifs is 14. The van der Waals surface area contributed by atoms with Crippen LogP contribution < -0.4 is 37.6 Å². The maximum absolute atomic E-state index is 14.2. The summed E-state index contributed by atoms with van der Waals surface area (Å²) in [7, 11) is 2.95. The molecule has 79 heavy (non-hydrogen) atoms. The normalized spacial score (nSPS) is 16.6. The number of methoxy groups -OCH3 is 1. The van der Waals surface area contributed by atoms with Crippen LogP contribution in [-0.2, 0) is 25.7 Å². The van der Waals surface area contributed by atoms with Gasteiger partial charge in [-0.2, -0.15) is 0 Å². The van der Waals surface area contributed by atoms with Crippen molar-refractivity contribution in [3.05, 3.63) is 111 Å². The number of thiazole rings is 6. The van der Waals surface area contributed by atoms with E-state index in [1.165, 1.54) is 70.8 Å². The van der Waals surface area contributed by atoms with Crippen LogP contribution in [0.3, 0.4) is 0 Å². The number of ether oxygens (including phenoxy) is 1. The Morgan fingerprint density at radius 1 is 0.722 bits per heavy atom. The first kappa shape index (κ1) is 56.6. The van der Waals surface area contributed by atoms with Crippen LogP contribution >= 0.6 is 68.0 Å². The zero-order valence-corrected chi connectivity index (χ0v) is 47.8. The van der Waals surface area contributed by atoms with Crippen LogP contribution in [0.15, 0.2) is 64.0 Å². The van der Waals surface area contributed by atoms with Gasteiger partial charge in [0.2, 0.25) is 17.7 Å². The molecule has 8 aromatic rings. The molecule has 6 amide bonds. The van der Waals surface area contributed by atoms with E-state index in [1.54, 1.807) is 70.9 Å². The first-order valence-electron chi connectivity index (χ1n) is 24.5. The molecular weight excluding hydrogens is 1130 g/mol. The molecule has 0 fully saturated rings. The number of aryl methyl sites for hydroxylation is 1. The lowest BCUT2D eigenvalue weighted by atomic mass is 10.0. The summed E-state index contributed by atoms with van der Waals surface area (Å²) < 4.78 is 5.44. The van der Waals surface area contributed by atoms with Crippen molar-refractivity contribution >= 4 is 109 Å². The van der Waals surface area contributed by atoms with Gasteiger partial charge in [0.25, 0.3) is 17.7 Å². The molecule has 28 heteroatoms. The van der Waals surface area contributed by atoms with Gasteiger partial charge < -0.3 is 47.5 Å². The van der Waals surface area contributed by atoms with E-state index in [0.29, 0.717) is 92.5 Å². The molecule has 0 spiro atoms. The van der Waals surface area contributed by atoms with Gasteiger partial charge in [-0.3, -0.25) is 28.8 Å². The molecule has 1 aliphatic rings. The van der Waals surface area contributed by atoms with Gasteiger partial charge in [0.15, 0.2) is 0 Å². The molecule has 8 heterocycles. The molecule has 1 aliphatic heterocycles. The quantitative estimate of drug-likeness (QED) is 0.0611. The second-order valence-electron chi connectivity index (χ2n) is 18.1. The summed E-state index contributed by atoms with van der Waals surface area (Å²) >= 11 is 7.27. The van der Waals surface area contributed by atoms with Gasteiger partial charge in [-0.1, -0.05) is 44.2 Å². The number of benzene rings is 1. The van der Waals surface area contributed by atoms with E-state index in [1.807, 2.05) is 13.8 Å². The van der Waals surface area contributed by atoms with Crippen molar-refractivity contribution in [3.8, 4) is 43.4 Å². The summed E-state index contributed by atoms with van der Waals surface area (Å²) in [5.74, 6) is -2.93. The number of nitrogens with zero attached hydrogens (tertiary/aromatic N) is 7. The minimum absolute atomic E-state index is 0.00461. The molecule has 0 aliphatic carbocycles. The fourth-order valence-corrected chi connectivity index (χ4v) is 13.6. The number of amides is 6. The van der Waals surface area contributed by atoms with Gasteiger partial charge >= 0.3 is 0 Å². The molecule has 9 rings (SSSR count). The standard InChI is InChI=1S/C51H52N14O8S6/c1-23(2)37-51-65-40(32(79-51)18-73-5)44(71)54-17-36(68)62-41(42(69)25-10-7-6-8-11-25)50-59-31(21-76-50)48-57-29(19-75-48)39-26(13-14-27(55-39)47-61-33(22-77-47)60-34(66)12-9-15-52)46-58-30(20-74-46)43(70)56-28(16-35(67)53-4)49-64-38(24(3)78-49)45(72)63-37/h6-8,10-11,13-14,19-23,28,37,41-42,69H,9,12,15-18,52H2,1-5H3,(H,53,67)(H,54,71)(H,56,70)(H,60,66)(H,62,68)(H,63,72)/t28-,37?,41-,42-/m0/s1. The minimum atomic E-state index is -1.26. The number of pyridine rings is 1. The number of carbonyl (C=O) groups is 6. The van der Waals surface area contributed by atoms with Crippen molar-refractivity contribution in [2.45, 2.75) is 70.9 Å². The smallest absolute Gasteiger partial charge is 0.271 e. The summed E-state index contributed by atoms with van der Waals surface area (Å²) in [5.41, 5.74) is 8.49. The number of aromatic nitrogens is 7. The predicted octanol–water partition coefficient (Wildman–Crippen LogP) is 6.99. The van der Waals surface area contributed by atoms with Gasteiger partial charge in [-0.25, -0.2) is 34.9 Å². The first-order valence-corrected chi connectivity index (χ1v) is 29.7. The van der Waals surface area contributed by atoms with Crippen LogP contribution in [0.4, 0.5) is 5.82 Å². The summed E-state index contributed by atoms with van der Waals surface area (Å²) in [5, 5.41) is 38.1. The average Bonchev–Trinajstić information content (AvgIpc) is 4.35. The van der Waals surface area contributed by atoms with Crippen molar-refractivity contribution in [1.29, 1.82) is 0 Å². The summed E-state index contributed by atoms with van der Waals surface area (Å²) in [6, 6.07) is 9.60. The second kappa shape index (κ2) is 25.3. The molecule has 22 nitrogen and oxygen atoms in total. The number of carbonyl (C=O) groups excluding carboxylic acids is 6. The van der Waals surface area contributed by atoms with Crippen molar-refractivity contribution < 1.29 is 38.6 Å². The van der Waals surface area contributed by atoms with Crippen molar-refractivity contribution in [1.82, 2.24) is 61.5 Å². The Hall–Kier alpha value is -7.15. The van der Waals surface area contributed by atoms with E-state index in [4.69, 9.17) is 30.4 Å². The first-order chi connectivity index (χ1) is 38.1. The number of rotatable bonds is 12. The maximum Gasteiger partial charge on any atom is 0.271 e. The third kappa shape index (κ3) is 13.1. The Morgan fingerprint density at radius 3 is 2.20 bits per heavy atom. The van der Waals surface area contributed by atoms with Gasteiger partial charge in [0, 0.05) is 52.5 Å². The van der Waals surface area contributed by atoms with Crippen LogP contribution in [0.25, 0.3) is 43.4 Å². The SMILES string of the molecule is CNC(=O)C[C@@H]1NC(=O)c2csc(n2)-c2ccc(-c3nc(NC(=O)CCCN)cs3)nc2-c2csc(n2)-c2csc(n2)[C@H]([C@@H](O)c2ccccc2)NC(=O)CNC(=O)c2nc(sc2COC)C(C(C)C)NC(=O)c2nc1sc2C. The largest absolute Gasteiger partial charge is 0.386 e. The Balaban J connectivity index is 1.13. The van der Waals surface area contributed by atoms with Gasteiger partial charge in [-0.05, 0) is 43.5 Å². The summed E-state index contributed by atoms with van der Waals surface area (Å²) in [6.07, 6.45) is -0.704. The third-order valence-corrected chi connectivity index (χ3v) is 17.9. The predicted molar refractivity (Wildman–Crippen MR) is 304 cm³/mol. The molecule has 0 saturated heterocycles. The Bertz CT molecular complexity index is 3530. The third-order valence-electron chi connectivity index (χ3n) is 12.1. The Morgan fingerprint density at radius 2 is 1.44 bits per heavy atom. The molecule has 4 atom stereocenters. The molecular formula is C51H52N14O8S6. The van der Waals surface area contributed by atoms with Crippen LogP contribution in [0.5, 0.6) is 0 Å². The van der Waals surface area contributed by atoms with Crippen LogP contribution in [0.2, 0.25) is 0 Å². The van der Waals surface area contributed by atoms with E-state index in [9.17, 15) is 33.9 Å². The van der Waals surface area contributed by atoms with Crippen LogP contribution in [-0.4, -0.2) is 103 Å². The van der Waals surface area contributed by atoms with Gasteiger partial charge in [-0.15, -0.1) is 68.0 Å². The molecule has 1 aromatic carbocycles. The highest BCUT2D eigenvalue weighted by molar-refractivity contribution is 7.15. The van der Waals surface area contributed by atoms with E-state index in [0.717, 1.165) is 11.3 Å². The fourth-order valence-electron chi connectivity index (χ4n) is 8.11. The van der Waals surface area contributed by atoms with E-state index in [-0.39, 0.29) is 54.3 Å². The molecule has 7 aromatic heterocycles. The Kier molecular flexibility index (Phi) is 18.1. The zero-order chi connectivity index (χ0) is 55.9. The van der Waals surface area contributed by atoms with Crippen molar-refractivity contribution in [2.75, 3.05) is 32.6 Å². The summed E-state index contributed by atoms with van der Waals surface area (Å²) in [6.45, 7) is 5.37. The highest BCUT2D eigenvalue weighted by Gasteiger charge is 2.33. The summed E-state index contributed by atoms with van der Waals surface area (Å²) in [4.78, 5) is 117. The lowest BCUT2D eigenvalue weighted by Crippen LogP contribution is -2.40. The lowest BCUT2D eigenvalue weighted by molar-refractivity contribution is -0.122. The monoisotopic (exact) mass is 1180 g/mol. The number of nitrogens with two attached hydrogens (primary N) is 1. The number of nitrogens with one attached hydrogen (secondary N) is 6. The fraction of sp³-hybridized carbons (Fsp3) is 0.314. The zero-order valence-electron chi connectivity index (χ0n) is 42.9. The number of aliphatic hydroxyl groups excluding tert-OH is 1. The highest BCUT2D eigenvalue weighted by Crippen LogP contribution is 2.40.